The summed E-state index contributed by atoms with van der Waals surface area (Å²) in [6.07, 6.45) is 0.00458. The van der Waals surface area contributed by atoms with Crippen molar-refractivity contribution in [2.24, 2.45) is 0 Å². The summed E-state index contributed by atoms with van der Waals surface area (Å²) in [5, 5.41) is 3.33. The highest BCUT2D eigenvalue weighted by molar-refractivity contribution is 6.34. The van der Waals surface area contributed by atoms with Gasteiger partial charge in [0.25, 0.3) is 0 Å². The van der Waals surface area contributed by atoms with Crippen molar-refractivity contribution >= 4 is 46.5 Å². The molecule has 1 amide bonds. The molecule has 0 unspecified atom stereocenters. The summed E-state index contributed by atoms with van der Waals surface area (Å²) in [7, 11) is 1.26. The van der Waals surface area contributed by atoms with E-state index >= 15 is 0 Å². The molecule has 2 rings (SSSR count). The van der Waals surface area contributed by atoms with E-state index in [1.54, 1.807) is 24.3 Å². The van der Waals surface area contributed by atoms with Crippen molar-refractivity contribution in [3.05, 3.63) is 63.6 Å². The molecule has 0 saturated heterocycles. The molecule has 1 N–H and O–H groups in total. The van der Waals surface area contributed by atoms with Crippen molar-refractivity contribution in [2.45, 2.75) is 12.8 Å². The molecule has 0 bridgehead atoms. The molecule has 7 heteroatoms. The predicted octanol–water partition coefficient (Wildman–Crippen LogP) is 4.38. The van der Waals surface area contributed by atoms with Crippen LogP contribution < -0.4 is 5.32 Å². The Bertz CT molecular complexity index is 820. The van der Waals surface area contributed by atoms with Crippen molar-refractivity contribution in [1.29, 1.82) is 0 Å². The standard InChI is InChI=1S/C18H15Cl2NO4/c1-25-18(24)12-5-6-14(20)15(10-12)21-17(23)8-7-16(22)11-3-2-4-13(19)9-11/h2-6,9-10H,7-8H2,1H3,(H,21,23). The van der Waals surface area contributed by atoms with Crippen molar-refractivity contribution in [2.75, 3.05) is 12.4 Å². The molecule has 0 fully saturated rings. The molecule has 5 nitrogen and oxygen atoms in total. The summed E-state index contributed by atoms with van der Waals surface area (Å²) in [5.74, 6) is -1.12. The summed E-state index contributed by atoms with van der Waals surface area (Å²) in [5.41, 5.74) is 0.994. The Morgan fingerprint density at radius 1 is 1.00 bits per heavy atom. The number of methoxy groups -OCH3 is 1. The van der Waals surface area contributed by atoms with Gasteiger partial charge in [-0.15, -0.1) is 0 Å². The number of hydrogen-bond acceptors (Lipinski definition) is 4. The highest BCUT2D eigenvalue weighted by Crippen LogP contribution is 2.24. The first-order valence-electron chi connectivity index (χ1n) is 7.37. The first-order chi connectivity index (χ1) is 11.9. The van der Waals surface area contributed by atoms with E-state index in [-0.39, 0.29) is 40.8 Å². The zero-order chi connectivity index (χ0) is 18.4. The number of ketones is 1. The van der Waals surface area contributed by atoms with Crippen LogP contribution in [0.2, 0.25) is 10.0 Å². The first kappa shape index (κ1) is 19.0. The van der Waals surface area contributed by atoms with Crippen LogP contribution in [0, 0.1) is 0 Å². The third-order valence-electron chi connectivity index (χ3n) is 3.39. The molecule has 0 aliphatic heterocycles. The molecule has 2 aromatic rings. The molecule has 0 radical (unpaired) electrons. The second-order valence-corrected chi connectivity index (χ2v) is 6.01. The number of nitrogens with one attached hydrogen (secondary N) is 1. The van der Waals surface area contributed by atoms with Gasteiger partial charge in [-0.3, -0.25) is 9.59 Å². The van der Waals surface area contributed by atoms with E-state index in [2.05, 4.69) is 10.1 Å². The fourth-order valence-electron chi connectivity index (χ4n) is 2.11. The van der Waals surface area contributed by atoms with Crippen LogP contribution in [0.1, 0.15) is 33.6 Å². The Morgan fingerprint density at radius 3 is 2.44 bits per heavy atom. The molecule has 25 heavy (non-hydrogen) atoms. The molecule has 2 aromatic carbocycles. The number of Topliss-reactive ketones (excluding diaryl/α,β-unsaturated/α-hetero) is 1. The van der Waals surface area contributed by atoms with Gasteiger partial charge in [0, 0.05) is 23.4 Å². The first-order valence-corrected chi connectivity index (χ1v) is 8.13. The average molecular weight is 380 g/mol. The number of carbonyl (C=O) groups is 3. The zero-order valence-electron chi connectivity index (χ0n) is 13.3. The minimum atomic E-state index is -0.539. The lowest BCUT2D eigenvalue weighted by molar-refractivity contribution is -0.116. The van der Waals surface area contributed by atoms with Crippen LogP contribution in [0.4, 0.5) is 5.69 Å². The van der Waals surface area contributed by atoms with Crippen molar-refractivity contribution < 1.29 is 19.1 Å². The maximum absolute atomic E-state index is 12.1. The fraction of sp³-hybridized carbons (Fsp3) is 0.167. The number of halogens is 2. The topological polar surface area (TPSA) is 72.5 Å². The maximum Gasteiger partial charge on any atom is 0.337 e. The maximum atomic E-state index is 12.1. The molecule has 0 heterocycles. The highest BCUT2D eigenvalue weighted by Gasteiger charge is 2.13. The number of ether oxygens (including phenoxy) is 1. The van der Waals surface area contributed by atoms with E-state index in [4.69, 9.17) is 23.2 Å². The zero-order valence-corrected chi connectivity index (χ0v) is 14.9. The van der Waals surface area contributed by atoms with Crippen LogP contribution in [0.3, 0.4) is 0 Å². The Labute approximate surface area is 154 Å². The molecular weight excluding hydrogens is 365 g/mol. The second kappa shape index (κ2) is 8.65. The summed E-state index contributed by atoms with van der Waals surface area (Å²) in [6, 6.07) is 10.9. The summed E-state index contributed by atoms with van der Waals surface area (Å²) in [4.78, 5) is 35.7. The van der Waals surface area contributed by atoms with Gasteiger partial charge in [0.1, 0.15) is 0 Å². The summed E-state index contributed by atoms with van der Waals surface area (Å²) < 4.78 is 4.62. The lowest BCUT2D eigenvalue weighted by Crippen LogP contribution is -2.14. The molecule has 0 aliphatic carbocycles. The molecule has 0 spiro atoms. The van der Waals surface area contributed by atoms with Gasteiger partial charge in [-0.05, 0) is 30.3 Å². The van der Waals surface area contributed by atoms with Crippen LogP contribution in [-0.4, -0.2) is 24.8 Å². The number of hydrogen-bond donors (Lipinski definition) is 1. The van der Waals surface area contributed by atoms with E-state index in [9.17, 15) is 14.4 Å². The number of benzene rings is 2. The average Bonchev–Trinajstić information content (AvgIpc) is 2.60. The van der Waals surface area contributed by atoms with Crippen LogP contribution in [0.15, 0.2) is 42.5 Å². The summed E-state index contributed by atoms with van der Waals surface area (Å²) >= 11 is 11.9. The Morgan fingerprint density at radius 2 is 1.76 bits per heavy atom. The van der Waals surface area contributed by atoms with Crippen LogP contribution in [0.25, 0.3) is 0 Å². The van der Waals surface area contributed by atoms with Crippen molar-refractivity contribution in [1.82, 2.24) is 0 Å². The van der Waals surface area contributed by atoms with Crippen LogP contribution >= 0.6 is 23.2 Å². The SMILES string of the molecule is COC(=O)c1ccc(Cl)c(NC(=O)CCC(=O)c2cccc(Cl)c2)c1. The molecule has 0 saturated carbocycles. The number of carbonyl (C=O) groups excluding carboxylic acids is 3. The van der Waals surface area contributed by atoms with E-state index in [0.29, 0.717) is 10.6 Å². The lowest BCUT2D eigenvalue weighted by atomic mass is 10.1. The highest BCUT2D eigenvalue weighted by atomic mass is 35.5. The van der Waals surface area contributed by atoms with E-state index < -0.39 is 5.97 Å². The minimum Gasteiger partial charge on any atom is -0.465 e. The Balaban J connectivity index is 1.98. The predicted molar refractivity (Wildman–Crippen MR) is 96.4 cm³/mol. The number of rotatable bonds is 6. The minimum absolute atomic E-state index is 0.0237. The monoisotopic (exact) mass is 379 g/mol. The normalized spacial score (nSPS) is 10.2. The fourth-order valence-corrected chi connectivity index (χ4v) is 2.47. The van der Waals surface area contributed by atoms with E-state index in [1.807, 2.05) is 0 Å². The molecular formula is C18H15Cl2NO4. The third kappa shape index (κ3) is 5.31. The van der Waals surface area contributed by atoms with Crippen LogP contribution in [-0.2, 0) is 9.53 Å². The lowest BCUT2D eigenvalue weighted by Gasteiger charge is -2.09. The number of esters is 1. The molecule has 0 aromatic heterocycles. The third-order valence-corrected chi connectivity index (χ3v) is 3.95. The summed E-state index contributed by atoms with van der Waals surface area (Å²) in [6.45, 7) is 0. The number of amides is 1. The molecule has 130 valence electrons. The molecule has 0 aliphatic rings. The second-order valence-electron chi connectivity index (χ2n) is 5.17. The quantitative estimate of drug-likeness (QED) is 0.596. The van der Waals surface area contributed by atoms with Gasteiger partial charge < -0.3 is 10.1 Å². The van der Waals surface area contributed by atoms with Crippen molar-refractivity contribution in [3.63, 3.8) is 0 Å². The van der Waals surface area contributed by atoms with Gasteiger partial charge in [-0.2, -0.15) is 0 Å². The van der Waals surface area contributed by atoms with Gasteiger partial charge in [0.05, 0.1) is 23.4 Å². The molecule has 0 atom stereocenters. The van der Waals surface area contributed by atoms with Crippen LogP contribution in [0.5, 0.6) is 0 Å². The van der Waals surface area contributed by atoms with E-state index in [1.165, 1.54) is 25.3 Å². The van der Waals surface area contributed by atoms with Gasteiger partial charge in [0.2, 0.25) is 5.91 Å². The van der Waals surface area contributed by atoms with Gasteiger partial charge >= 0.3 is 5.97 Å². The van der Waals surface area contributed by atoms with E-state index in [0.717, 1.165) is 0 Å². The smallest absolute Gasteiger partial charge is 0.337 e. The van der Waals surface area contributed by atoms with Gasteiger partial charge in [-0.25, -0.2) is 4.79 Å². The Hall–Kier alpha value is -2.37. The largest absolute Gasteiger partial charge is 0.465 e. The number of anilines is 1. The van der Waals surface area contributed by atoms with Crippen molar-refractivity contribution in [3.8, 4) is 0 Å². The van der Waals surface area contributed by atoms with Gasteiger partial charge in [-0.1, -0.05) is 35.3 Å². The Kier molecular flexibility index (Phi) is 6.56. The van der Waals surface area contributed by atoms with Gasteiger partial charge in [0.15, 0.2) is 5.78 Å².